The first-order valence-electron chi connectivity index (χ1n) is 22.9. The summed E-state index contributed by atoms with van der Waals surface area (Å²) in [6.45, 7) is 1.81. The first kappa shape index (κ1) is 80.3. The molecule has 0 saturated carbocycles. The molecule has 9 aromatic rings. The zero-order valence-electron chi connectivity index (χ0n) is 45.4. The number of benzene rings is 4. The van der Waals surface area contributed by atoms with Crippen molar-refractivity contribution < 1.29 is 86.0 Å². The van der Waals surface area contributed by atoms with Crippen LogP contribution in [-0.2, 0) is 15.0 Å². The van der Waals surface area contributed by atoms with E-state index in [1.54, 1.807) is 30.3 Å². The van der Waals surface area contributed by atoms with Crippen molar-refractivity contribution in [1.82, 2.24) is 49.8 Å². The van der Waals surface area contributed by atoms with Gasteiger partial charge in [0.25, 0.3) is 11.8 Å². The molecule has 9 rings (SSSR count). The van der Waals surface area contributed by atoms with E-state index in [1.165, 1.54) is 55.2 Å². The van der Waals surface area contributed by atoms with E-state index in [0.29, 0.717) is 28.5 Å². The van der Waals surface area contributed by atoms with Gasteiger partial charge in [-0.2, -0.15) is 13.7 Å². The molecule has 2 amide bonds. The summed E-state index contributed by atoms with van der Waals surface area (Å²) in [7, 11) is -6.11. The summed E-state index contributed by atoms with van der Waals surface area (Å²) in [4.78, 5) is 84.6. The molecule has 0 radical (unpaired) electrons. The SMILES string of the molecule is Cc1ccnc(=O)[nH]1.N#Cc1ccnc(Cl)n1.NC(=O)c1ccnc(-c2ccc(Oc3ccccc3)cc2)n1.NC(=O)c1ccnc(Cl)n1.O=N[O-].O=P(Cl)(Cl)Cl.O=S(=O)(O)O.O=c1nccc(/C=N/O)[nH]1.OB(O)c1ccc(Oc2ccccc2)cc1.[Na+]. The zero-order valence-corrected chi connectivity index (χ0v) is 52.9. The first-order valence-corrected chi connectivity index (χ1v) is 29.5. The van der Waals surface area contributed by atoms with Crippen molar-refractivity contribution in [1.29, 1.82) is 5.26 Å². The van der Waals surface area contributed by atoms with Crippen LogP contribution in [0, 0.1) is 28.4 Å². The molecule has 4 aromatic carbocycles. The number of H-pyrrole nitrogens is 2. The number of oxime groups is 1. The Labute approximate surface area is 550 Å². The van der Waals surface area contributed by atoms with Gasteiger partial charge in [-0.25, -0.2) is 49.5 Å². The Morgan fingerprint density at radius 2 is 1.06 bits per heavy atom. The molecule has 460 valence electrons. The van der Waals surface area contributed by atoms with Crippen LogP contribution in [0.3, 0.4) is 0 Å². The van der Waals surface area contributed by atoms with Gasteiger partial charge in [0.1, 0.15) is 46.1 Å². The van der Waals surface area contributed by atoms with Crippen molar-refractivity contribution in [3.63, 3.8) is 0 Å². The van der Waals surface area contributed by atoms with Gasteiger partial charge < -0.3 is 56.3 Å². The molecule has 5 aromatic heterocycles. The number of carbonyl (C=O) groups excluding carboxylic acids is 2. The second-order valence-electron chi connectivity index (χ2n) is 14.9. The number of aromatic nitrogens is 10. The molecule has 5 heterocycles. The summed E-state index contributed by atoms with van der Waals surface area (Å²) < 4.78 is 52.4. The van der Waals surface area contributed by atoms with Gasteiger partial charge in [-0.1, -0.05) is 53.7 Å². The average molecular weight is 1370 g/mol. The van der Waals surface area contributed by atoms with Gasteiger partial charge in [-0.05, 0) is 160 Å². The summed E-state index contributed by atoms with van der Waals surface area (Å²) in [6, 6.07) is 42.3. The predicted molar refractivity (Wildman–Crippen MR) is 325 cm³/mol. The summed E-state index contributed by atoms with van der Waals surface area (Å²) in [5, 5.41) is 42.8. The second kappa shape index (κ2) is 44.7. The fraction of sp³-hybridized carbons (Fsp3) is 0.0204. The van der Waals surface area contributed by atoms with E-state index < -0.39 is 40.2 Å². The van der Waals surface area contributed by atoms with Gasteiger partial charge in [0.2, 0.25) is 10.6 Å². The molecule has 0 unspecified atom stereocenters. The van der Waals surface area contributed by atoms with E-state index in [4.69, 9.17) is 92.3 Å². The summed E-state index contributed by atoms with van der Waals surface area (Å²) in [6.07, 6.45) is 8.24. The number of carbonyl (C=O) groups is 2. The molecule has 0 aliphatic carbocycles. The van der Waals surface area contributed by atoms with E-state index in [0.717, 1.165) is 34.3 Å². The molecule has 0 aliphatic heterocycles. The minimum atomic E-state index is -4.67. The minimum Gasteiger partial charge on any atom is -0.457 e. The van der Waals surface area contributed by atoms with Crippen molar-refractivity contribution in [2.45, 2.75) is 6.92 Å². The number of nitriles is 1. The molecule has 0 aliphatic rings. The van der Waals surface area contributed by atoms with Crippen LogP contribution in [0.15, 0.2) is 191 Å². The number of amides is 2. The molecule has 0 atom stereocenters. The number of ether oxygens (including phenoxy) is 2. The third kappa shape index (κ3) is 41.9. The summed E-state index contributed by atoms with van der Waals surface area (Å²) in [5.74, 6) is 2.15. The Balaban J connectivity index is 0.00000103. The molecular weight excluding hydrogens is 1330 g/mol. The Bertz CT molecular complexity index is 3920. The normalized spacial score (nSPS) is 9.63. The smallest absolute Gasteiger partial charge is 0.457 e. The predicted octanol–water partition coefficient (Wildman–Crippen LogP) is 4.49. The summed E-state index contributed by atoms with van der Waals surface area (Å²) >= 11 is 24.6. The molecule has 0 fully saturated rings. The van der Waals surface area contributed by atoms with Gasteiger partial charge in [0, 0.05) is 42.2 Å². The van der Waals surface area contributed by atoms with E-state index in [1.807, 2.05) is 97.9 Å². The number of aryl methyl sites for hydroxylation is 1. The summed E-state index contributed by atoms with van der Waals surface area (Å²) in [5.41, 5.74) is 12.5. The van der Waals surface area contributed by atoms with Gasteiger partial charge >= 0.3 is 63.7 Å². The maximum absolute atomic E-state index is 11.2. The molecule has 89 heavy (non-hydrogen) atoms. The molecule has 40 heteroatoms. The van der Waals surface area contributed by atoms with Crippen molar-refractivity contribution in [3.05, 3.63) is 241 Å². The average Bonchev–Trinajstić information content (AvgIpc) is 2.26. The van der Waals surface area contributed by atoms with Crippen LogP contribution >= 0.6 is 62.1 Å². The second-order valence-corrected chi connectivity index (χ2v) is 23.1. The minimum absolute atomic E-state index is 0. The number of hydrogen-bond acceptors (Lipinski definition) is 25. The van der Waals surface area contributed by atoms with Crippen molar-refractivity contribution in [3.8, 4) is 40.5 Å². The number of nitrogens with one attached hydrogen (secondary N) is 2. The number of nitrogens with two attached hydrogens (primary N) is 2. The van der Waals surface area contributed by atoms with Crippen LogP contribution < -0.4 is 67.3 Å². The van der Waals surface area contributed by atoms with Crippen molar-refractivity contribution in [2.75, 3.05) is 0 Å². The van der Waals surface area contributed by atoms with E-state index >= 15 is 0 Å². The standard InChI is InChI=1S/C17H13N3O2.C12H11BO3.C5H4ClN3O.C5H2ClN3.C5H5N3O2.C5H6N2O.Cl3OP.HNO2.Na.H2O4S/c18-16(21)15-10-11-19-17(20-15)12-6-8-14(9-7-12)22-13-4-2-1-3-5-13;14-13(15)10-6-8-12(9-7-10)16-11-4-2-1-3-5-11;6-5-8-2-1-3(9-5)4(7)10;6-5-8-2-1-4(3-7)9-5;9-5-6-2-1-4(8-5)3-7-10;1-4-2-3-6-5(8)7-4;1-5(2,3)4;2-1-3;;1-5(2,3)4/h1-11H,(H2,18,21);1-9,14-15H;1-2H,(H2,7,10);1-2H;1-3,10H,(H,6,8,9);2-3H,1H3,(H,6,7,8);;(H,2,3);;(H2,1,2,3,4)/q;;;;;;;;+1;/p-1/b;;;;7-3+;;;;;. The van der Waals surface area contributed by atoms with Crippen LogP contribution in [-0.4, -0.2) is 108 Å². The number of halogens is 5. The third-order valence-electron chi connectivity index (χ3n) is 8.49. The van der Waals surface area contributed by atoms with Crippen molar-refractivity contribution >= 4 is 103 Å². The first-order chi connectivity index (χ1) is 41.5. The van der Waals surface area contributed by atoms with Gasteiger partial charge in [0.05, 0.1) is 11.9 Å². The molecular formula is C49H43BCl5N15NaO16PS. The van der Waals surface area contributed by atoms with Gasteiger partial charge in [0.15, 0.2) is 5.82 Å². The molecule has 0 bridgehead atoms. The number of para-hydroxylation sites is 2. The Hall–Kier alpha value is -8.69. The number of hydrogen-bond donors (Lipinski definition) is 9. The number of nitrogens with zero attached hydrogens (tertiary/aromatic N) is 11. The van der Waals surface area contributed by atoms with E-state index in [2.05, 4.69) is 88.7 Å². The van der Waals surface area contributed by atoms with Crippen molar-refractivity contribution in [2.24, 2.45) is 22.0 Å². The third-order valence-corrected chi connectivity index (χ3v) is 8.85. The zero-order chi connectivity index (χ0) is 66.1. The number of rotatable bonds is 9. The maximum atomic E-state index is 11.2. The van der Waals surface area contributed by atoms with E-state index in [-0.39, 0.29) is 62.9 Å². The maximum Gasteiger partial charge on any atom is 1.00 e. The molecule has 0 spiro atoms. The topological polar surface area (TPSA) is 514 Å². The fourth-order valence-corrected chi connectivity index (χ4v) is 5.41. The Morgan fingerprint density at radius 1 is 0.663 bits per heavy atom. The Morgan fingerprint density at radius 3 is 1.42 bits per heavy atom. The molecule has 11 N–H and O–H groups in total. The monoisotopic (exact) mass is 1370 g/mol. The Kier molecular flexibility index (Phi) is 40.3. The number of aromatic amines is 2. The fourth-order valence-electron chi connectivity index (χ4n) is 5.11. The van der Waals surface area contributed by atoms with Crippen LogP contribution in [0.2, 0.25) is 10.6 Å². The van der Waals surface area contributed by atoms with Gasteiger partial charge in [-0.3, -0.25) is 23.3 Å². The van der Waals surface area contributed by atoms with Crippen LogP contribution in [0.4, 0.5) is 0 Å². The largest absolute Gasteiger partial charge is 1.00 e. The van der Waals surface area contributed by atoms with Gasteiger partial charge in [-0.15, -0.1) is 5.34 Å². The number of primary amides is 2. The molecule has 0 saturated heterocycles. The van der Waals surface area contributed by atoms with Crippen LogP contribution in [0.5, 0.6) is 23.0 Å². The quantitative estimate of drug-likeness (QED) is 0.0140. The van der Waals surface area contributed by atoms with E-state index in [9.17, 15) is 23.7 Å². The van der Waals surface area contributed by atoms with Crippen LogP contribution in [0.1, 0.15) is 38.1 Å². The van der Waals surface area contributed by atoms with Crippen LogP contribution in [0.25, 0.3) is 11.4 Å². The molecule has 31 nitrogen and oxygen atoms in total.